The summed E-state index contributed by atoms with van der Waals surface area (Å²) in [5.74, 6) is 3.11. The predicted molar refractivity (Wildman–Crippen MR) is 75.4 cm³/mol. The molecule has 104 valence electrons. The van der Waals surface area contributed by atoms with Gasteiger partial charge in [-0.3, -0.25) is 4.68 Å². The molecule has 18 heavy (non-hydrogen) atoms. The zero-order valence-electron chi connectivity index (χ0n) is 12.5. The van der Waals surface area contributed by atoms with Gasteiger partial charge in [-0.1, -0.05) is 27.7 Å². The van der Waals surface area contributed by atoms with Crippen molar-refractivity contribution in [1.82, 2.24) is 20.1 Å². The summed E-state index contributed by atoms with van der Waals surface area (Å²) in [6.07, 6.45) is 2.67. The van der Waals surface area contributed by atoms with E-state index in [4.69, 9.17) is 0 Å². The number of hydrogen-bond acceptors (Lipinski definition) is 3. The second kappa shape index (κ2) is 7.52. The van der Waals surface area contributed by atoms with Crippen molar-refractivity contribution in [2.24, 2.45) is 17.8 Å². The normalized spacial score (nSPS) is 15.0. The molecule has 0 radical (unpaired) electrons. The molecule has 4 heteroatoms. The second-order valence-electron chi connectivity index (χ2n) is 5.70. The third kappa shape index (κ3) is 4.77. The molecule has 0 saturated heterocycles. The van der Waals surface area contributed by atoms with Gasteiger partial charge in [0.15, 0.2) is 0 Å². The first-order chi connectivity index (χ1) is 8.54. The van der Waals surface area contributed by atoms with Crippen LogP contribution in [0.4, 0.5) is 0 Å². The molecule has 1 heterocycles. The Morgan fingerprint density at radius 1 is 1.17 bits per heavy atom. The fraction of sp³-hybridized carbons (Fsp3) is 0.857. The molecule has 0 fully saturated rings. The van der Waals surface area contributed by atoms with E-state index >= 15 is 0 Å². The van der Waals surface area contributed by atoms with E-state index in [-0.39, 0.29) is 0 Å². The van der Waals surface area contributed by atoms with Gasteiger partial charge in [0.05, 0.1) is 0 Å². The van der Waals surface area contributed by atoms with Crippen LogP contribution in [0.25, 0.3) is 0 Å². The Hall–Kier alpha value is -0.900. The molecule has 0 aliphatic rings. The van der Waals surface area contributed by atoms with Crippen LogP contribution in [-0.2, 0) is 13.0 Å². The van der Waals surface area contributed by atoms with Crippen LogP contribution in [0.2, 0.25) is 0 Å². The van der Waals surface area contributed by atoms with Gasteiger partial charge in [-0.05, 0) is 37.8 Å². The van der Waals surface area contributed by atoms with E-state index in [2.05, 4.69) is 50.0 Å². The monoisotopic (exact) mass is 252 g/mol. The van der Waals surface area contributed by atoms with Crippen molar-refractivity contribution in [2.75, 3.05) is 13.1 Å². The van der Waals surface area contributed by atoms with Crippen molar-refractivity contribution in [3.8, 4) is 0 Å². The van der Waals surface area contributed by atoms with Gasteiger partial charge < -0.3 is 5.32 Å². The van der Waals surface area contributed by atoms with Crippen LogP contribution in [0.1, 0.15) is 40.4 Å². The molecule has 1 aromatic heterocycles. The van der Waals surface area contributed by atoms with E-state index in [1.54, 1.807) is 6.33 Å². The number of hydrogen-bond donors (Lipinski definition) is 1. The van der Waals surface area contributed by atoms with Crippen molar-refractivity contribution in [3.05, 3.63) is 12.2 Å². The number of aromatic nitrogens is 3. The minimum Gasteiger partial charge on any atom is -0.316 e. The van der Waals surface area contributed by atoms with Gasteiger partial charge in [0, 0.05) is 13.0 Å². The van der Waals surface area contributed by atoms with Crippen molar-refractivity contribution in [3.63, 3.8) is 0 Å². The smallest absolute Gasteiger partial charge is 0.138 e. The maximum atomic E-state index is 4.35. The third-order valence-corrected chi connectivity index (χ3v) is 3.49. The zero-order valence-corrected chi connectivity index (χ0v) is 12.5. The molecule has 0 spiro atoms. The molecule has 0 aliphatic heterocycles. The lowest BCUT2D eigenvalue weighted by Crippen LogP contribution is -2.29. The average Bonchev–Trinajstić information content (AvgIpc) is 2.75. The minimum atomic E-state index is 0.624. The lowest BCUT2D eigenvalue weighted by Gasteiger charge is -2.20. The molecule has 0 aliphatic carbocycles. The van der Waals surface area contributed by atoms with Gasteiger partial charge in [0.25, 0.3) is 0 Å². The quantitative estimate of drug-likeness (QED) is 0.772. The van der Waals surface area contributed by atoms with Crippen LogP contribution in [-0.4, -0.2) is 27.9 Å². The SMILES string of the molecule is CCn1ncnc1CC(C)C(C)CNCC(C)C. The highest BCUT2D eigenvalue weighted by Gasteiger charge is 2.15. The fourth-order valence-electron chi connectivity index (χ4n) is 2.00. The Labute approximate surface area is 111 Å². The van der Waals surface area contributed by atoms with Crippen LogP contribution in [0.15, 0.2) is 6.33 Å². The van der Waals surface area contributed by atoms with E-state index in [0.717, 1.165) is 37.8 Å². The highest BCUT2D eigenvalue weighted by molar-refractivity contribution is 4.87. The van der Waals surface area contributed by atoms with E-state index in [1.807, 2.05) is 4.68 Å². The summed E-state index contributed by atoms with van der Waals surface area (Å²) in [6, 6.07) is 0. The molecule has 0 bridgehead atoms. The number of aryl methyl sites for hydroxylation is 1. The van der Waals surface area contributed by atoms with E-state index in [9.17, 15) is 0 Å². The number of rotatable bonds is 8. The highest BCUT2D eigenvalue weighted by atomic mass is 15.3. The second-order valence-corrected chi connectivity index (χ2v) is 5.70. The van der Waals surface area contributed by atoms with Crippen molar-refractivity contribution >= 4 is 0 Å². The summed E-state index contributed by atoms with van der Waals surface area (Å²) in [5.41, 5.74) is 0. The first-order valence-electron chi connectivity index (χ1n) is 7.12. The highest BCUT2D eigenvalue weighted by Crippen LogP contribution is 2.15. The summed E-state index contributed by atoms with van der Waals surface area (Å²) >= 11 is 0. The molecule has 0 aromatic carbocycles. The van der Waals surface area contributed by atoms with Crippen LogP contribution in [0.5, 0.6) is 0 Å². The Kier molecular flexibility index (Phi) is 6.33. The molecular weight excluding hydrogens is 224 g/mol. The van der Waals surface area contributed by atoms with Gasteiger partial charge in [-0.2, -0.15) is 5.10 Å². The van der Waals surface area contributed by atoms with Gasteiger partial charge in [0.2, 0.25) is 0 Å². The Balaban J connectivity index is 2.37. The first-order valence-corrected chi connectivity index (χ1v) is 7.12. The van der Waals surface area contributed by atoms with Crippen LogP contribution >= 0.6 is 0 Å². The fourth-order valence-corrected chi connectivity index (χ4v) is 2.00. The molecule has 0 amide bonds. The minimum absolute atomic E-state index is 0.624. The molecule has 1 rings (SSSR count). The standard InChI is InChI=1S/C14H28N4/c1-6-18-14(16-10-17-18)7-12(4)13(5)9-15-8-11(2)3/h10-13,15H,6-9H2,1-5H3. The van der Waals surface area contributed by atoms with Gasteiger partial charge in [-0.25, -0.2) is 4.98 Å². The summed E-state index contributed by atoms with van der Waals surface area (Å²) in [6.45, 7) is 14.3. The van der Waals surface area contributed by atoms with Gasteiger partial charge in [-0.15, -0.1) is 0 Å². The number of nitrogens with zero attached hydrogens (tertiary/aromatic N) is 3. The van der Waals surface area contributed by atoms with Crippen LogP contribution in [0.3, 0.4) is 0 Å². The van der Waals surface area contributed by atoms with Crippen LogP contribution in [0, 0.1) is 17.8 Å². The maximum absolute atomic E-state index is 4.35. The van der Waals surface area contributed by atoms with E-state index in [0.29, 0.717) is 11.8 Å². The largest absolute Gasteiger partial charge is 0.316 e. The van der Waals surface area contributed by atoms with Crippen LogP contribution < -0.4 is 5.32 Å². The maximum Gasteiger partial charge on any atom is 0.138 e. The van der Waals surface area contributed by atoms with Gasteiger partial charge >= 0.3 is 0 Å². The molecule has 1 aromatic rings. The Morgan fingerprint density at radius 3 is 2.50 bits per heavy atom. The summed E-state index contributed by atoms with van der Waals surface area (Å²) in [7, 11) is 0. The van der Waals surface area contributed by atoms with E-state index in [1.165, 1.54) is 0 Å². The average molecular weight is 252 g/mol. The molecule has 1 N–H and O–H groups in total. The van der Waals surface area contributed by atoms with E-state index < -0.39 is 0 Å². The number of nitrogens with one attached hydrogen (secondary N) is 1. The van der Waals surface area contributed by atoms with Crippen molar-refractivity contribution in [2.45, 2.75) is 47.6 Å². The molecular formula is C14H28N4. The topological polar surface area (TPSA) is 42.7 Å². The summed E-state index contributed by atoms with van der Waals surface area (Å²) < 4.78 is 1.99. The van der Waals surface area contributed by atoms with Gasteiger partial charge in [0.1, 0.15) is 12.2 Å². The molecule has 2 atom stereocenters. The lowest BCUT2D eigenvalue weighted by molar-refractivity contribution is 0.348. The zero-order chi connectivity index (χ0) is 13.5. The summed E-state index contributed by atoms with van der Waals surface area (Å²) in [4.78, 5) is 4.35. The first kappa shape index (κ1) is 15.2. The summed E-state index contributed by atoms with van der Waals surface area (Å²) in [5, 5.41) is 7.75. The van der Waals surface area contributed by atoms with Crippen molar-refractivity contribution in [1.29, 1.82) is 0 Å². The predicted octanol–water partition coefficient (Wildman–Crippen LogP) is 2.36. The Morgan fingerprint density at radius 2 is 1.89 bits per heavy atom. The lowest BCUT2D eigenvalue weighted by atomic mass is 9.92. The Bertz CT molecular complexity index is 332. The molecule has 4 nitrogen and oxygen atoms in total. The molecule has 2 unspecified atom stereocenters. The molecule has 0 saturated carbocycles. The van der Waals surface area contributed by atoms with Crippen molar-refractivity contribution < 1.29 is 0 Å². The third-order valence-electron chi connectivity index (χ3n) is 3.49.